The number of halogens is 3. The maximum Gasteiger partial charge on any atom is 0.491 e. The second-order valence-corrected chi connectivity index (χ2v) is 3.42. The highest BCUT2D eigenvalue weighted by molar-refractivity contribution is 9.10. The molecule has 0 amide bonds. The molecule has 0 saturated carbocycles. The molecule has 0 radical (unpaired) electrons. The van der Waals surface area contributed by atoms with Crippen molar-refractivity contribution in [3.8, 4) is 0 Å². The Morgan fingerprint density at radius 3 is 2.50 bits per heavy atom. The molecular weight excluding hydrogens is 249 g/mol. The lowest BCUT2D eigenvalue weighted by atomic mass is 9.80. The van der Waals surface area contributed by atoms with Crippen molar-refractivity contribution in [2.24, 2.45) is 0 Å². The van der Waals surface area contributed by atoms with Gasteiger partial charge in [-0.25, -0.2) is 4.39 Å². The molecule has 0 atom stereocenters. The summed E-state index contributed by atoms with van der Waals surface area (Å²) in [6, 6.07) is 2.24. The van der Waals surface area contributed by atoms with Crippen LogP contribution in [-0.4, -0.2) is 17.2 Å². The Bertz CT molecular complexity index is 308. The third-order valence-electron chi connectivity index (χ3n) is 1.32. The second-order valence-electron chi connectivity index (χ2n) is 2.16. The summed E-state index contributed by atoms with van der Waals surface area (Å²) in [5, 5.41) is 17.5. The lowest BCUT2D eigenvalue weighted by Gasteiger charge is -2.03. The summed E-state index contributed by atoms with van der Waals surface area (Å²) < 4.78 is 13.3. The highest BCUT2D eigenvalue weighted by atomic mass is 79.9. The molecular formula is C6H4BBrClFO2. The molecule has 2 nitrogen and oxygen atoms in total. The Kier molecular flexibility index (Phi) is 3.12. The lowest BCUT2D eigenvalue weighted by molar-refractivity contribution is 0.423. The van der Waals surface area contributed by atoms with Gasteiger partial charge in [0.2, 0.25) is 0 Å². The third kappa shape index (κ3) is 1.98. The molecule has 1 aromatic carbocycles. The zero-order chi connectivity index (χ0) is 9.30. The Balaban J connectivity index is 3.23. The molecule has 1 rings (SSSR count). The van der Waals surface area contributed by atoms with Crippen molar-refractivity contribution in [3.63, 3.8) is 0 Å². The van der Waals surface area contributed by atoms with Gasteiger partial charge in [0, 0.05) is 9.94 Å². The first-order chi connectivity index (χ1) is 5.52. The normalized spacial score (nSPS) is 10.1. The van der Waals surface area contributed by atoms with Crippen LogP contribution in [0.1, 0.15) is 0 Å². The Morgan fingerprint density at radius 2 is 2.00 bits per heavy atom. The van der Waals surface area contributed by atoms with Gasteiger partial charge in [-0.2, -0.15) is 0 Å². The van der Waals surface area contributed by atoms with Gasteiger partial charge in [0.25, 0.3) is 0 Å². The van der Waals surface area contributed by atoms with Crippen LogP contribution in [0.3, 0.4) is 0 Å². The monoisotopic (exact) mass is 252 g/mol. The molecule has 0 fully saturated rings. The van der Waals surface area contributed by atoms with Gasteiger partial charge in [-0.15, -0.1) is 0 Å². The summed E-state index contributed by atoms with van der Waals surface area (Å²) in [5.74, 6) is -0.738. The van der Waals surface area contributed by atoms with E-state index in [0.29, 0.717) is 4.47 Å². The van der Waals surface area contributed by atoms with Crippen molar-refractivity contribution in [2.45, 2.75) is 0 Å². The Hall–Kier alpha value is -0.0951. The predicted octanol–water partition coefficient (Wildman–Crippen LogP) is 0.921. The van der Waals surface area contributed by atoms with E-state index in [2.05, 4.69) is 15.9 Å². The van der Waals surface area contributed by atoms with Crippen molar-refractivity contribution in [2.75, 3.05) is 0 Å². The lowest BCUT2D eigenvalue weighted by Crippen LogP contribution is -2.32. The minimum atomic E-state index is -1.82. The van der Waals surface area contributed by atoms with E-state index in [0.717, 1.165) is 6.07 Å². The Labute approximate surface area is 82.2 Å². The minimum Gasteiger partial charge on any atom is -0.423 e. The molecule has 0 saturated heterocycles. The molecule has 0 bridgehead atoms. The van der Waals surface area contributed by atoms with Crippen molar-refractivity contribution >= 4 is 40.1 Å². The van der Waals surface area contributed by atoms with Crippen molar-refractivity contribution in [1.29, 1.82) is 0 Å². The minimum absolute atomic E-state index is 0.192. The summed E-state index contributed by atoms with van der Waals surface area (Å²) in [6.45, 7) is 0. The average molecular weight is 253 g/mol. The van der Waals surface area contributed by atoms with Gasteiger partial charge in [0.05, 0.1) is 5.02 Å². The van der Waals surface area contributed by atoms with Crippen LogP contribution < -0.4 is 5.46 Å². The van der Waals surface area contributed by atoms with Gasteiger partial charge < -0.3 is 10.0 Å². The van der Waals surface area contributed by atoms with Gasteiger partial charge >= 0.3 is 7.12 Å². The van der Waals surface area contributed by atoms with Crippen LogP contribution in [-0.2, 0) is 0 Å². The number of benzene rings is 1. The summed E-state index contributed by atoms with van der Waals surface area (Å²) in [4.78, 5) is 0. The SMILES string of the molecule is OB(O)c1cc(Br)c(Cl)cc1F. The van der Waals surface area contributed by atoms with Crippen LogP contribution in [0, 0.1) is 5.82 Å². The summed E-state index contributed by atoms with van der Waals surface area (Å²) in [5.41, 5.74) is -0.203. The van der Waals surface area contributed by atoms with Gasteiger partial charge in [-0.3, -0.25) is 0 Å². The van der Waals surface area contributed by atoms with Crippen molar-refractivity contribution in [1.82, 2.24) is 0 Å². The first-order valence-electron chi connectivity index (χ1n) is 3.03. The summed E-state index contributed by atoms with van der Waals surface area (Å²) >= 11 is 8.57. The van der Waals surface area contributed by atoms with Crippen LogP contribution in [0.15, 0.2) is 16.6 Å². The van der Waals surface area contributed by atoms with Gasteiger partial charge in [0.1, 0.15) is 5.82 Å². The third-order valence-corrected chi connectivity index (χ3v) is 2.51. The van der Waals surface area contributed by atoms with Crippen LogP contribution in [0.4, 0.5) is 4.39 Å². The highest BCUT2D eigenvalue weighted by Gasteiger charge is 2.17. The van der Waals surface area contributed by atoms with E-state index in [9.17, 15) is 4.39 Å². The smallest absolute Gasteiger partial charge is 0.423 e. The average Bonchev–Trinajstić information content (AvgIpc) is 1.96. The summed E-state index contributed by atoms with van der Waals surface area (Å²) in [6.07, 6.45) is 0. The van der Waals surface area contributed by atoms with Gasteiger partial charge in [-0.1, -0.05) is 11.6 Å². The van der Waals surface area contributed by atoms with E-state index >= 15 is 0 Å². The van der Waals surface area contributed by atoms with Crippen LogP contribution in [0.2, 0.25) is 5.02 Å². The molecule has 0 heterocycles. The topological polar surface area (TPSA) is 40.5 Å². The molecule has 0 unspecified atom stereocenters. The van der Waals surface area contributed by atoms with Crippen LogP contribution in [0.5, 0.6) is 0 Å². The van der Waals surface area contributed by atoms with Gasteiger partial charge in [-0.05, 0) is 28.1 Å². The molecule has 12 heavy (non-hydrogen) atoms. The number of hydrogen-bond acceptors (Lipinski definition) is 2. The molecule has 0 aliphatic heterocycles. The molecule has 0 spiro atoms. The zero-order valence-electron chi connectivity index (χ0n) is 5.76. The van der Waals surface area contributed by atoms with Gasteiger partial charge in [0.15, 0.2) is 0 Å². The Morgan fingerprint density at radius 1 is 1.42 bits per heavy atom. The van der Waals surface area contributed by atoms with Crippen LogP contribution in [0.25, 0.3) is 0 Å². The van der Waals surface area contributed by atoms with E-state index in [1.165, 1.54) is 6.07 Å². The fourth-order valence-electron chi connectivity index (χ4n) is 0.736. The molecule has 1 aromatic rings. The van der Waals surface area contributed by atoms with E-state index in [4.69, 9.17) is 21.6 Å². The molecule has 0 aliphatic rings. The molecule has 0 aromatic heterocycles. The van der Waals surface area contributed by atoms with E-state index in [-0.39, 0.29) is 10.5 Å². The second kappa shape index (κ2) is 3.74. The molecule has 6 heteroatoms. The first kappa shape index (κ1) is 9.99. The van der Waals surface area contributed by atoms with Crippen LogP contribution >= 0.6 is 27.5 Å². The fraction of sp³-hybridized carbons (Fsp3) is 0. The molecule has 64 valence electrons. The predicted molar refractivity (Wildman–Crippen MR) is 48.9 cm³/mol. The summed E-state index contributed by atoms with van der Waals surface area (Å²) in [7, 11) is -1.82. The molecule has 2 N–H and O–H groups in total. The van der Waals surface area contributed by atoms with E-state index < -0.39 is 12.9 Å². The first-order valence-corrected chi connectivity index (χ1v) is 4.20. The standard InChI is InChI=1S/C6H4BBrClFO2/c8-4-1-3(7(11)12)6(10)2-5(4)9/h1-2,11-12H. The van der Waals surface area contributed by atoms with Crippen molar-refractivity contribution < 1.29 is 14.4 Å². The largest absolute Gasteiger partial charge is 0.491 e. The highest BCUT2D eigenvalue weighted by Crippen LogP contribution is 2.21. The zero-order valence-corrected chi connectivity index (χ0v) is 8.10. The fourth-order valence-corrected chi connectivity index (χ4v) is 1.25. The number of hydrogen-bond donors (Lipinski definition) is 2. The maximum atomic E-state index is 12.9. The van der Waals surface area contributed by atoms with E-state index in [1.54, 1.807) is 0 Å². The van der Waals surface area contributed by atoms with Crippen molar-refractivity contribution in [3.05, 3.63) is 27.4 Å². The molecule has 0 aliphatic carbocycles. The quantitative estimate of drug-likeness (QED) is 0.577. The maximum absolute atomic E-state index is 12.9. The van der Waals surface area contributed by atoms with E-state index in [1.807, 2.05) is 0 Å². The number of rotatable bonds is 1.